The molecular weight excluding hydrogens is 1330 g/mol. The van der Waals surface area contributed by atoms with Crippen LogP contribution in [0.4, 0.5) is 48.5 Å². The summed E-state index contributed by atoms with van der Waals surface area (Å²) in [5.41, 5.74) is 3.54. The zero-order chi connectivity index (χ0) is 67.9. The lowest BCUT2D eigenvalue weighted by Crippen LogP contribution is -2.74. The minimum atomic E-state index is -5.10. The first-order valence-electron chi connectivity index (χ1n) is 32.3. The third kappa shape index (κ3) is 23.7. The van der Waals surface area contributed by atoms with Gasteiger partial charge in [-0.3, -0.25) is 18.9 Å². The molecule has 3 fully saturated rings. The average molecular weight is 1410 g/mol. The molecule has 0 saturated heterocycles. The number of benzene rings is 6. The molecule has 6 amide bonds. The Balaban J connectivity index is 0.0000120. The first-order valence-corrected chi connectivity index (χ1v) is 35.0. The van der Waals surface area contributed by atoms with E-state index in [1.165, 1.54) is 14.7 Å². The maximum absolute atomic E-state index is 14.0. The van der Waals surface area contributed by atoms with Gasteiger partial charge in [0, 0.05) is 15.1 Å². The summed E-state index contributed by atoms with van der Waals surface area (Å²) >= 11 is 18.5. The first kappa shape index (κ1) is 74.9. The summed E-state index contributed by atoms with van der Waals surface area (Å²) in [7, 11) is -5.10. The lowest BCUT2D eigenvalue weighted by atomic mass is 9.82. The predicted molar refractivity (Wildman–Crippen MR) is 370 cm³/mol. The van der Waals surface area contributed by atoms with Crippen molar-refractivity contribution in [3.05, 3.63) is 179 Å². The predicted octanol–water partition coefficient (Wildman–Crippen LogP) is 13.4. The number of nitrogens with one attached hydrogen (secondary N) is 3. The Hall–Kier alpha value is -7.84. The number of nitrogens with zero attached hydrogens (tertiary/aromatic N) is 3. The summed E-state index contributed by atoms with van der Waals surface area (Å²) in [6, 6.07) is 47.7. The van der Waals surface area contributed by atoms with Crippen molar-refractivity contribution in [2.75, 3.05) is 79.9 Å². The van der Waals surface area contributed by atoms with Crippen LogP contribution in [0.2, 0.25) is 15.1 Å². The highest BCUT2D eigenvalue weighted by Gasteiger charge is 2.41. The number of carbonyl (C=O) groups is 6. The van der Waals surface area contributed by atoms with E-state index >= 15 is 0 Å². The van der Waals surface area contributed by atoms with Crippen LogP contribution >= 0.6 is 34.8 Å². The number of hydrogen-bond acceptors (Lipinski definition) is 14. The molecule has 0 aliphatic heterocycles. The molecule has 0 spiro atoms. The smallest absolute Gasteiger partial charge is 0.418 e. The molecule has 22 nitrogen and oxygen atoms in total. The fourth-order valence-electron chi connectivity index (χ4n) is 12.7. The third-order valence-corrected chi connectivity index (χ3v) is 18.6. The van der Waals surface area contributed by atoms with Crippen molar-refractivity contribution >= 4 is 115 Å². The molecule has 6 aromatic rings. The maximum Gasteiger partial charge on any atom is 0.418 e. The topological polar surface area (TPSA) is 289 Å². The summed E-state index contributed by atoms with van der Waals surface area (Å²) in [5.74, 6) is -7.19. The minimum absolute atomic E-state index is 0. The van der Waals surface area contributed by atoms with Gasteiger partial charge < -0.3 is 49.8 Å². The molecule has 6 aromatic carbocycles. The Morgan fingerprint density at radius 3 is 0.876 bits per heavy atom. The quantitative estimate of drug-likeness (QED) is 0.0193. The summed E-state index contributed by atoms with van der Waals surface area (Å²) in [6.07, 6.45) is 7.01. The monoisotopic (exact) mass is 1410 g/mol. The fraction of sp³-hybridized carbons (Fsp3) is 0.408. The largest absolute Gasteiger partial charge is 0.449 e. The highest BCUT2D eigenvalue weighted by molar-refractivity contribution is 7.85. The van der Waals surface area contributed by atoms with Gasteiger partial charge in [-0.1, -0.05) is 109 Å². The molecule has 3 aliphatic rings. The first-order chi connectivity index (χ1) is 46.3. The van der Waals surface area contributed by atoms with Crippen LogP contribution < -0.4 is 30.7 Å². The second kappa shape index (κ2) is 37.2. The van der Waals surface area contributed by atoms with E-state index in [4.69, 9.17) is 63.2 Å². The molecule has 0 bridgehead atoms. The van der Waals surface area contributed by atoms with Crippen molar-refractivity contribution in [2.45, 2.75) is 82.8 Å². The number of halogens is 3. The van der Waals surface area contributed by atoms with Gasteiger partial charge in [0.25, 0.3) is 10.1 Å². The van der Waals surface area contributed by atoms with Gasteiger partial charge in [-0.2, -0.15) is 8.42 Å². The summed E-state index contributed by atoms with van der Waals surface area (Å²) in [4.78, 5) is 87.4. The van der Waals surface area contributed by atoms with Crippen LogP contribution in [0.15, 0.2) is 164 Å². The second-order valence-electron chi connectivity index (χ2n) is 24.7. The molecule has 3 aliphatic carbocycles. The van der Waals surface area contributed by atoms with Crippen molar-refractivity contribution in [1.29, 1.82) is 0 Å². The maximum atomic E-state index is 14.0. The molecule has 3 saturated carbocycles. The van der Waals surface area contributed by atoms with Crippen LogP contribution in [0.25, 0.3) is 0 Å². The van der Waals surface area contributed by atoms with Crippen molar-refractivity contribution in [1.82, 2.24) is 16.0 Å². The number of ether oxygens (including phenoxy) is 6. The Morgan fingerprint density at radius 2 is 0.629 bits per heavy atom. The summed E-state index contributed by atoms with van der Waals surface area (Å²) in [5, 5.41) is 8.80. The Labute approximate surface area is 580 Å². The Morgan fingerprint density at radius 1 is 0.392 bits per heavy atom. The molecule has 26 heteroatoms. The fourth-order valence-corrected chi connectivity index (χ4v) is 13.9. The van der Waals surface area contributed by atoms with Gasteiger partial charge in [0.05, 0.1) is 73.8 Å². The van der Waals surface area contributed by atoms with E-state index in [1.54, 1.807) is 109 Å². The number of amides is 6. The van der Waals surface area contributed by atoms with E-state index in [2.05, 4.69) is 16.0 Å². The zero-order valence-electron chi connectivity index (χ0n) is 53.7. The third-order valence-electron chi connectivity index (χ3n) is 17.1. The van der Waals surface area contributed by atoms with Crippen molar-refractivity contribution in [3.63, 3.8) is 0 Å². The lowest BCUT2D eigenvalue weighted by molar-refractivity contribution is -0.136. The van der Waals surface area contributed by atoms with Gasteiger partial charge in [-0.15, -0.1) is 0 Å². The van der Waals surface area contributed by atoms with Gasteiger partial charge in [0.1, 0.15) is 25.6 Å². The molecule has 97 heavy (non-hydrogen) atoms. The highest BCUT2D eigenvalue weighted by Crippen LogP contribution is 2.36. The molecule has 9 rings (SSSR count). The van der Waals surface area contributed by atoms with E-state index < -0.39 is 77.5 Å². The molecule has 6 N–H and O–H groups in total. The Kier molecular flexibility index (Phi) is 28.7. The molecule has 0 heterocycles. The standard InChI is InChI=1S/C71H81Cl3N6O15S.H2O/c72-56-25-31-62(32-26-56)78(59-19-4-1-5-20-59)68(84)93-43-53-16-10-13-50(37-53)40-90-46-65(81)75-71(49-96(87,88)89,76-66(82)47-91-41-51-14-11-17-54(38-51)44-94-69(85)79(60-21-6-2-7-22-60)63-33-27-57(73)28-34-63)77-67(83)48-92-42-52-15-12-18-55(39-52)45-95-70(86)80(61-23-8-3-9-24-61)64-35-29-58(74)30-36-64;/h1-9,19-36,50-55H,10-18,37-49H2,(H,75,81)(H,76,82)(H,77,83)(H,87,88,89);1H2. The zero-order valence-corrected chi connectivity index (χ0v) is 56.7. The average Bonchev–Trinajstić information content (AvgIpc) is 1.01. The molecule has 0 radical (unpaired) electrons. The van der Waals surface area contributed by atoms with Crippen LogP contribution in [0, 0.1) is 35.5 Å². The molecule has 520 valence electrons. The van der Waals surface area contributed by atoms with Crippen LogP contribution in [-0.4, -0.2) is 125 Å². The number of rotatable bonds is 29. The number of hydrogen-bond donors (Lipinski definition) is 4. The normalized spacial score (nSPS) is 19.1. The molecule has 6 unspecified atom stereocenters. The lowest BCUT2D eigenvalue weighted by Gasteiger charge is -2.35. The van der Waals surface area contributed by atoms with E-state index in [9.17, 15) is 41.7 Å². The van der Waals surface area contributed by atoms with Crippen molar-refractivity contribution in [2.24, 2.45) is 35.5 Å². The van der Waals surface area contributed by atoms with Crippen molar-refractivity contribution < 1.29 is 75.6 Å². The summed E-state index contributed by atoms with van der Waals surface area (Å²) in [6.45, 7) is -1.32. The van der Waals surface area contributed by atoms with E-state index in [-0.39, 0.29) is 80.6 Å². The van der Waals surface area contributed by atoms with Gasteiger partial charge in [-0.25, -0.2) is 29.1 Å². The van der Waals surface area contributed by atoms with Crippen LogP contribution in [-0.2, 0) is 52.9 Å². The van der Waals surface area contributed by atoms with E-state index in [1.807, 2.05) is 54.6 Å². The van der Waals surface area contributed by atoms with Crippen LogP contribution in [0.5, 0.6) is 0 Å². The number of carbonyl (C=O) groups excluding carboxylic acids is 6. The van der Waals surface area contributed by atoms with Gasteiger partial charge >= 0.3 is 18.3 Å². The molecular formula is C71H83Cl3N6O16S. The summed E-state index contributed by atoms with van der Waals surface area (Å²) < 4.78 is 71.7. The van der Waals surface area contributed by atoms with Gasteiger partial charge in [-0.05, 0) is 202 Å². The second-order valence-corrected chi connectivity index (χ2v) is 27.5. The minimum Gasteiger partial charge on any atom is -0.449 e. The van der Waals surface area contributed by atoms with Gasteiger partial charge in [0.15, 0.2) is 0 Å². The molecule has 0 aromatic heterocycles. The van der Waals surface area contributed by atoms with Crippen LogP contribution in [0.3, 0.4) is 0 Å². The highest BCUT2D eigenvalue weighted by atomic mass is 35.5. The van der Waals surface area contributed by atoms with Gasteiger partial charge in [0.2, 0.25) is 23.5 Å². The molecule has 6 atom stereocenters. The van der Waals surface area contributed by atoms with Crippen molar-refractivity contribution in [3.8, 4) is 0 Å². The number of anilines is 6. The van der Waals surface area contributed by atoms with E-state index in [0.29, 0.717) is 68.5 Å². The van der Waals surface area contributed by atoms with E-state index in [0.717, 1.165) is 57.8 Å². The SMILES string of the molecule is O.O=C(COCC1CCCC(COC(=O)N(c2ccccc2)c2ccc(Cl)cc2)C1)NC(CS(=O)(=O)O)(NC(=O)COCC1CCCC(COC(=O)N(c2ccccc2)c2ccc(Cl)cc2)C1)NC(=O)COCC1CCCC(COC(=O)N(c2ccccc2)c2ccc(Cl)cc2)C1. The Bertz CT molecular complexity index is 3260. The van der Waals surface area contributed by atoms with Crippen LogP contribution in [0.1, 0.15) is 77.0 Å². The number of para-hydroxylation sites is 3.